The fourth-order valence-electron chi connectivity index (χ4n) is 7.37. The number of fused-ring (bicyclic) bond motifs is 5. The molecule has 2 N–H and O–H groups in total. The normalized spacial score (nSPS) is 18.3. The number of nitrogens with one attached hydrogen (secondary N) is 1. The molecule has 0 bridgehead atoms. The molecule has 250 valence electrons. The topological polar surface area (TPSA) is 123 Å². The molecule has 1 aromatic carbocycles. The number of carbonyl (C=O) groups excluding carboxylic acids is 1. The Balaban J connectivity index is 1.54. The van der Waals surface area contributed by atoms with Crippen LogP contribution in [0.2, 0.25) is 0 Å². The van der Waals surface area contributed by atoms with Gasteiger partial charge in [-0.3, -0.25) is 14.1 Å². The van der Waals surface area contributed by atoms with Crippen molar-refractivity contribution in [1.82, 2.24) is 19.3 Å². The maximum absolute atomic E-state index is 16.2. The molecule has 0 saturated carbocycles. The van der Waals surface area contributed by atoms with E-state index in [1.54, 1.807) is 39.2 Å². The zero-order valence-electron chi connectivity index (χ0n) is 27.5. The zero-order chi connectivity index (χ0) is 34.4. The van der Waals surface area contributed by atoms with E-state index in [0.717, 1.165) is 30.5 Å². The molecule has 1 amide bonds. The molecule has 4 aromatic heterocycles. The van der Waals surface area contributed by atoms with Crippen LogP contribution in [0.3, 0.4) is 0 Å². The van der Waals surface area contributed by atoms with Crippen LogP contribution in [0.1, 0.15) is 43.1 Å². The van der Waals surface area contributed by atoms with E-state index < -0.39 is 34.9 Å². The van der Waals surface area contributed by atoms with Gasteiger partial charge in [0.15, 0.2) is 11.6 Å². The predicted molar refractivity (Wildman–Crippen MR) is 179 cm³/mol. The summed E-state index contributed by atoms with van der Waals surface area (Å²) in [6.45, 7) is 9.28. The van der Waals surface area contributed by atoms with Gasteiger partial charge in [0, 0.05) is 62.3 Å². The third-order valence-electron chi connectivity index (χ3n) is 9.49. The maximum Gasteiger partial charge on any atom is 0.414 e. The molecule has 2 atom stereocenters. The van der Waals surface area contributed by atoms with E-state index in [2.05, 4.69) is 26.8 Å². The van der Waals surface area contributed by atoms with Crippen LogP contribution in [0, 0.1) is 24.5 Å². The Kier molecular flexibility index (Phi) is 7.24. The van der Waals surface area contributed by atoms with Crippen LogP contribution >= 0.6 is 0 Å². The summed E-state index contributed by atoms with van der Waals surface area (Å²) in [4.78, 5) is 51.7. The van der Waals surface area contributed by atoms with Gasteiger partial charge >= 0.3 is 12.1 Å². The Morgan fingerprint density at radius 2 is 1.90 bits per heavy atom. The first kappa shape index (κ1) is 31.6. The molecule has 13 heteroatoms. The molecule has 2 fully saturated rings. The number of aryl methyl sites for hydroxylation is 1. The minimum absolute atomic E-state index is 0.0580. The molecule has 2 saturated heterocycles. The van der Waals surface area contributed by atoms with Gasteiger partial charge in [-0.15, -0.1) is 0 Å². The number of likely N-dealkylation sites (tertiary alicyclic amines) is 1. The molecule has 0 spiro atoms. The van der Waals surface area contributed by atoms with Gasteiger partial charge in [0.25, 0.3) is 5.56 Å². The Labute approximate surface area is 274 Å². The second kappa shape index (κ2) is 11.0. The third kappa shape index (κ3) is 4.95. The van der Waals surface area contributed by atoms with Gasteiger partial charge in [-0.25, -0.2) is 23.4 Å². The first-order valence-electron chi connectivity index (χ1n) is 15.8. The van der Waals surface area contributed by atoms with E-state index in [1.807, 2.05) is 13.0 Å². The first-order valence-corrected chi connectivity index (χ1v) is 15.8. The van der Waals surface area contributed by atoms with Crippen molar-refractivity contribution in [3.8, 4) is 11.1 Å². The average Bonchev–Trinajstić information content (AvgIpc) is 3.69. The van der Waals surface area contributed by atoms with Gasteiger partial charge in [-0.2, -0.15) is 0 Å². The lowest BCUT2D eigenvalue weighted by Gasteiger charge is -2.29. The Bertz CT molecular complexity index is 2240. The highest BCUT2D eigenvalue weighted by molar-refractivity contribution is 6.19. The van der Waals surface area contributed by atoms with Crippen LogP contribution in [-0.2, 0) is 4.74 Å². The van der Waals surface area contributed by atoms with Crippen LogP contribution < -0.4 is 15.4 Å². The highest BCUT2D eigenvalue weighted by Gasteiger charge is 2.42. The maximum atomic E-state index is 16.2. The lowest BCUT2D eigenvalue weighted by Crippen LogP contribution is -2.35. The molecule has 11 nitrogen and oxygen atoms in total. The summed E-state index contributed by atoms with van der Waals surface area (Å²) in [6, 6.07) is 5.80. The molecular weight excluding hydrogens is 622 g/mol. The van der Waals surface area contributed by atoms with Crippen LogP contribution in [0.5, 0.6) is 0 Å². The highest BCUT2D eigenvalue weighted by atomic mass is 19.2. The number of hydrogen-bond donors (Lipinski definition) is 2. The average molecular weight is 659 g/mol. The summed E-state index contributed by atoms with van der Waals surface area (Å²) in [5.74, 6) is -3.21. The van der Waals surface area contributed by atoms with E-state index in [0.29, 0.717) is 51.4 Å². The second-order valence-electron chi connectivity index (χ2n) is 13.9. The van der Waals surface area contributed by atoms with E-state index in [-0.39, 0.29) is 28.2 Å². The van der Waals surface area contributed by atoms with Crippen molar-refractivity contribution in [2.24, 2.45) is 5.92 Å². The quantitative estimate of drug-likeness (QED) is 0.249. The molecular formula is C35H36F2N6O5. The van der Waals surface area contributed by atoms with Crippen molar-refractivity contribution in [1.29, 1.82) is 0 Å². The Morgan fingerprint density at radius 3 is 2.60 bits per heavy atom. The number of anilines is 2. The van der Waals surface area contributed by atoms with Crippen molar-refractivity contribution in [2.45, 2.75) is 45.8 Å². The number of aromatic nitrogens is 3. The number of halogens is 2. The van der Waals surface area contributed by atoms with Gasteiger partial charge < -0.3 is 24.6 Å². The Hall–Kier alpha value is -5.04. The number of aromatic carboxylic acids is 1. The largest absolute Gasteiger partial charge is 0.477 e. The summed E-state index contributed by atoms with van der Waals surface area (Å²) in [5, 5.41) is 9.92. The van der Waals surface area contributed by atoms with E-state index in [1.165, 1.54) is 17.5 Å². The van der Waals surface area contributed by atoms with Crippen molar-refractivity contribution in [3.05, 3.63) is 69.8 Å². The lowest BCUT2D eigenvalue weighted by atomic mass is 9.99. The van der Waals surface area contributed by atoms with E-state index in [9.17, 15) is 19.5 Å². The number of carboxylic acids is 1. The van der Waals surface area contributed by atoms with Crippen LogP contribution in [0.4, 0.5) is 25.0 Å². The molecule has 7 rings (SSSR count). The minimum atomic E-state index is -1.34. The van der Waals surface area contributed by atoms with Gasteiger partial charge in [0.1, 0.15) is 16.8 Å². The number of pyridine rings is 3. The number of carbonyl (C=O) groups is 2. The number of hydrogen-bond acceptors (Lipinski definition) is 7. The number of H-pyrrole nitrogens is 1. The fourth-order valence-corrected chi connectivity index (χ4v) is 7.37. The smallest absolute Gasteiger partial charge is 0.414 e. The molecule has 0 aliphatic carbocycles. The number of benzene rings is 1. The fraction of sp³-hybridized carbons (Fsp3) is 0.371. The van der Waals surface area contributed by atoms with Crippen LogP contribution in [0.15, 0.2) is 41.5 Å². The van der Waals surface area contributed by atoms with Crippen LogP contribution in [-0.4, -0.2) is 81.8 Å². The molecule has 2 aliphatic heterocycles. The lowest BCUT2D eigenvalue weighted by molar-refractivity contribution is 0.0588. The number of amides is 1. The van der Waals surface area contributed by atoms with Crippen molar-refractivity contribution >= 4 is 50.9 Å². The van der Waals surface area contributed by atoms with Crippen LogP contribution in [0.25, 0.3) is 38.6 Å². The third-order valence-corrected chi connectivity index (χ3v) is 9.49. The van der Waals surface area contributed by atoms with Gasteiger partial charge in [-0.1, -0.05) is 0 Å². The van der Waals surface area contributed by atoms with Gasteiger partial charge in [0.2, 0.25) is 0 Å². The summed E-state index contributed by atoms with van der Waals surface area (Å²) in [5.41, 5.74) is 1.68. The van der Waals surface area contributed by atoms with E-state index in [4.69, 9.17) is 4.74 Å². The molecule has 5 aromatic rings. The Morgan fingerprint density at radius 1 is 1.15 bits per heavy atom. The number of aromatic amines is 1. The highest BCUT2D eigenvalue weighted by Crippen LogP contribution is 2.47. The SMILES string of the molecule is Cc1cc(-c2cnc3[nH]c4c(N(C)C(=O)OC(C)(C)C)cc(F)c(F)c4c3c2N2CCC3CN(C)CC32)cn2c(=O)c(C(=O)O)ccc12. The first-order chi connectivity index (χ1) is 22.6. The monoisotopic (exact) mass is 658 g/mol. The molecule has 6 heterocycles. The number of likely N-dealkylation sites (N-methyl/N-ethyl adjacent to an activating group) is 1. The van der Waals surface area contributed by atoms with Crippen molar-refractivity contribution in [2.75, 3.05) is 43.5 Å². The minimum Gasteiger partial charge on any atom is -0.477 e. The van der Waals surface area contributed by atoms with E-state index >= 15 is 8.78 Å². The number of ether oxygens (including phenoxy) is 1. The summed E-state index contributed by atoms with van der Waals surface area (Å²) < 4.78 is 38.6. The molecule has 2 aliphatic rings. The van der Waals surface area contributed by atoms with Crippen molar-refractivity contribution in [3.63, 3.8) is 0 Å². The number of rotatable bonds is 4. The zero-order valence-corrected chi connectivity index (χ0v) is 27.5. The summed E-state index contributed by atoms with van der Waals surface area (Å²) in [6.07, 6.45) is 3.36. The van der Waals surface area contributed by atoms with Gasteiger partial charge in [0.05, 0.1) is 33.2 Å². The van der Waals surface area contributed by atoms with Crippen molar-refractivity contribution < 1.29 is 28.2 Å². The predicted octanol–water partition coefficient (Wildman–Crippen LogP) is 5.79. The second-order valence-corrected chi connectivity index (χ2v) is 13.9. The molecule has 2 unspecified atom stereocenters. The molecule has 48 heavy (non-hydrogen) atoms. The molecule has 0 radical (unpaired) electrons. The number of carboxylic acid groups (broad SMARTS) is 1. The summed E-state index contributed by atoms with van der Waals surface area (Å²) >= 11 is 0. The summed E-state index contributed by atoms with van der Waals surface area (Å²) in [7, 11) is 3.49. The van der Waals surface area contributed by atoms with Gasteiger partial charge in [-0.05, 0) is 70.8 Å². The standard InChI is InChI=1S/C35H36F2N6O5/c1-17-11-19(15-43-23(17)8-7-20(32(43)44)33(45)46)21-13-38-31-27(30(21)42-10-9-18-14-40(5)16-25(18)42)26-28(37)22(36)12-24(29(26)39-31)41(6)34(47)48-35(2,3)4/h7-8,11-13,15,18,25H,9-10,14,16H2,1-6H3,(H,38,39)(H,45,46). The number of nitrogens with zero attached hydrogens (tertiary/aromatic N) is 5.